The first-order valence-electron chi connectivity index (χ1n) is 16.8. The molecule has 44 heavy (non-hydrogen) atoms. The zero-order valence-corrected chi connectivity index (χ0v) is 26.9. The van der Waals surface area contributed by atoms with Crippen molar-refractivity contribution < 1.29 is 8.39 Å². The molecule has 6 aromatic rings. The van der Waals surface area contributed by atoms with Crippen LogP contribution < -0.4 is 4.67 Å². The first kappa shape index (κ1) is 29.2. The van der Waals surface area contributed by atoms with Gasteiger partial charge in [0.15, 0.2) is 0 Å². The first-order chi connectivity index (χ1) is 21.8. The van der Waals surface area contributed by atoms with Crippen LogP contribution in [0.5, 0.6) is 0 Å². The smallest absolute Gasteiger partial charge is 0.310 e. The SMILES string of the molecule is CC(c1ccccc1)N(C1CCCCCCCCCCC1)p1oc2ccc3ccccc3c2c2c(ccc3ccccc32)o1. The lowest BCUT2D eigenvalue weighted by Crippen LogP contribution is -2.35. The van der Waals surface area contributed by atoms with Crippen LogP contribution in [-0.2, 0) is 0 Å². The molecule has 226 valence electrons. The highest BCUT2D eigenvalue weighted by atomic mass is 31.1. The average molecular weight is 602 g/mol. The number of rotatable bonds is 4. The Hall–Kier alpha value is -3.52. The largest absolute Gasteiger partial charge is 0.408 e. The molecule has 0 spiro atoms. The molecule has 1 unspecified atom stereocenters. The molecule has 1 atom stereocenters. The average Bonchev–Trinajstić information content (AvgIpc) is 3.23. The third kappa shape index (κ3) is 6.06. The summed E-state index contributed by atoms with van der Waals surface area (Å²) in [5.41, 5.74) is 3.15. The molecule has 0 amide bonds. The lowest BCUT2D eigenvalue weighted by Gasteiger charge is -2.34. The van der Waals surface area contributed by atoms with Crippen LogP contribution >= 0.6 is 8.16 Å². The topological polar surface area (TPSA) is 29.5 Å². The van der Waals surface area contributed by atoms with Crippen molar-refractivity contribution in [2.24, 2.45) is 0 Å². The molecule has 7 rings (SSSR count). The maximum absolute atomic E-state index is 7.20. The van der Waals surface area contributed by atoms with Gasteiger partial charge in [-0.25, -0.2) is 0 Å². The molecule has 0 radical (unpaired) electrons. The number of nitrogens with zero attached hydrogens (tertiary/aromatic N) is 1. The van der Waals surface area contributed by atoms with Crippen molar-refractivity contribution in [3.8, 4) is 0 Å². The molecule has 4 heteroatoms. The van der Waals surface area contributed by atoms with Gasteiger partial charge in [-0.2, -0.15) is 4.67 Å². The molecule has 1 heterocycles. The Morgan fingerprint density at radius 2 is 1.00 bits per heavy atom. The van der Waals surface area contributed by atoms with E-state index < -0.39 is 8.16 Å². The summed E-state index contributed by atoms with van der Waals surface area (Å²) in [5, 5.41) is 7.13. The summed E-state index contributed by atoms with van der Waals surface area (Å²) < 4.78 is 17.0. The second kappa shape index (κ2) is 13.6. The Bertz CT molecular complexity index is 1790. The minimum atomic E-state index is -1.45. The van der Waals surface area contributed by atoms with Gasteiger partial charge in [0.05, 0.1) is 0 Å². The summed E-state index contributed by atoms with van der Waals surface area (Å²) in [7, 11) is -1.45. The van der Waals surface area contributed by atoms with Crippen LogP contribution in [0.15, 0.2) is 112 Å². The van der Waals surface area contributed by atoms with Crippen molar-refractivity contribution in [1.82, 2.24) is 0 Å². The van der Waals surface area contributed by atoms with Gasteiger partial charge in [-0.05, 0) is 59.0 Å². The number of hydrogen-bond donors (Lipinski definition) is 0. The fourth-order valence-corrected chi connectivity index (χ4v) is 9.11. The summed E-state index contributed by atoms with van der Waals surface area (Å²) in [6.45, 7) is 2.36. The standard InChI is InChI=1S/C40H44NO2P/c1-30(31-18-10-9-11-19-31)41(34-22-12-7-5-3-2-4-6-8-13-23-34)44-42-37-28-26-32-20-14-16-24-35(32)39(37)40-36-25-17-15-21-33(36)27-29-38(40)43-44/h9-11,14-21,24-30,34H,2-8,12-13,22-23H2,1H3. The van der Waals surface area contributed by atoms with Gasteiger partial charge in [-0.15, -0.1) is 0 Å². The quantitative estimate of drug-likeness (QED) is 0.201. The van der Waals surface area contributed by atoms with Crippen LogP contribution in [-0.4, -0.2) is 6.04 Å². The molecule has 5 aromatic carbocycles. The predicted octanol–water partition coefficient (Wildman–Crippen LogP) is 13.0. The van der Waals surface area contributed by atoms with E-state index in [1.807, 2.05) is 0 Å². The number of benzene rings is 5. The lowest BCUT2D eigenvalue weighted by molar-refractivity contribution is 0.428. The van der Waals surface area contributed by atoms with Gasteiger partial charge in [-0.3, -0.25) is 0 Å². The zero-order chi connectivity index (χ0) is 29.7. The highest BCUT2D eigenvalue weighted by molar-refractivity contribution is 7.39. The van der Waals surface area contributed by atoms with E-state index in [1.54, 1.807) is 0 Å². The summed E-state index contributed by atoms with van der Waals surface area (Å²) >= 11 is 0. The maximum atomic E-state index is 7.20. The molecular formula is C40H44NO2P. The van der Waals surface area contributed by atoms with Gasteiger partial charge in [-0.1, -0.05) is 149 Å². The molecule has 0 bridgehead atoms. The Labute approximate surface area is 262 Å². The fraction of sp³-hybridized carbons (Fsp3) is 0.350. The molecule has 1 fully saturated rings. The zero-order valence-electron chi connectivity index (χ0n) is 26.0. The Kier molecular flexibility index (Phi) is 9.05. The minimum absolute atomic E-state index is 0.158. The molecule has 1 saturated carbocycles. The summed E-state index contributed by atoms with van der Waals surface area (Å²) in [5.74, 6) is 0. The second-order valence-electron chi connectivity index (χ2n) is 12.6. The van der Waals surface area contributed by atoms with Crippen LogP contribution in [0.4, 0.5) is 0 Å². The van der Waals surface area contributed by atoms with E-state index in [9.17, 15) is 0 Å². The van der Waals surface area contributed by atoms with E-state index in [0.717, 1.165) is 21.9 Å². The predicted molar refractivity (Wildman–Crippen MR) is 189 cm³/mol. The molecule has 0 aliphatic heterocycles. The highest BCUT2D eigenvalue weighted by Gasteiger charge is 2.30. The van der Waals surface area contributed by atoms with E-state index in [1.165, 1.54) is 97.7 Å². The maximum Gasteiger partial charge on any atom is 0.310 e. The van der Waals surface area contributed by atoms with Crippen molar-refractivity contribution in [2.75, 3.05) is 4.67 Å². The Balaban J connectivity index is 1.48. The van der Waals surface area contributed by atoms with Gasteiger partial charge in [0.2, 0.25) is 0 Å². The van der Waals surface area contributed by atoms with Gasteiger partial charge >= 0.3 is 8.16 Å². The molecule has 0 N–H and O–H groups in total. The number of fused-ring (bicyclic) bond motifs is 7. The minimum Gasteiger partial charge on any atom is -0.408 e. The fourth-order valence-electron chi connectivity index (χ4n) is 7.33. The summed E-state index contributed by atoms with van der Waals surface area (Å²) in [6, 6.07) is 37.7. The van der Waals surface area contributed by atoms with E-state index in [0.29, 0.717) is 6.04 Å². The van der Waals surface area contributed by atoms with Crippen molar-refractivity contribution >= 4 is 51.6 Å². The third-order valence-electron chi connectivity index (χ3n) is 9.70. The van der Waals surface area contributed by atoms with Gasteiger partial charge < -0.3 is 8.39 Å². The summed E-state index contributed by atoms with van der Waals surface area (Å²) in [4.78, 5) is 0. The molecule has 0 saturated heterocycles. The lowest BCUT2D eigenvalue weighted by atomic mass is 9.96. The summed E-state index contributed by atoms with van der Waals surface area (Å²) in [6.07, 6.45) is 14.4. The van der Waals surface area contributed by atoms with Crippen LogP contribution in [0.2, 0.25) is 0 Å². The Morgan fingerprint density at radius 3 is 1.52 bits per heavy atom. The Morgan fingerprint density at radius 1 is 0.545 bits per heavy atom. The third-order valence-corrected chi connectivity index (χ3v) is 11.5. The van der Waals surface area contributed by atoms with Crippen molar-refractivity contribution in [2.45, 2.75) is 89.6 Å². The molecule has 1 aliphatic rings. The second-order valence-corrected chi connectivity index (χ2v) is 13.9. The highest BCUT2D eigenvalue weighted by Crippen LogP contribution is 2.46. The van der Waals surface area contributed by atoms with Crippen molar-refractivity contribution in [3.05, 3.63) is 109 Å². The van der Waals surface area contributed by atoms with Crippen LogP contribution in [0.3, 0.4) is 0 Å². The van der Waals surface area contributed by atoms with Crippen LogP contribution in [0, 0.1) is 0 Å². The van der Waals surface area contributed by atoms with E-state index >= 15 is 0 Å². The molecule has 1 aromatic heterocycles. The van der Waals surface area contributed by atoms with Crippen LogP contribution in [0.1, 0.15) is 89.2 Å². The van der Waals surface area contributed by atoms with E-state index in [-0.39, 0.29) is 6.04 Å². The molecule has 3 nitrogen and oxygen atoms in total. The van der Waals surface area contributed by atoms with E-state index in [2.05, 4.69) is 115 Å². The van der Waals surface area contributed by atoms with Gasteiger partial charge in [0, 0.05) is 22.9 Å². The molecular weight excluding hydrogens is 557 g/mol. The van der Waals surface area contributed by atoms with Gasteiger partial charge in [0.1, 0.15) is 11.2 Å². The monoisotopic (exact) mass is 601 g/mol. The van der Waals surface area contributed by atoms with Crippen molar-refractivity contribution in [1.29, 1.82) is 0 Å². The van der Waals surface area contributed by atoms with E-state index in [4.69, 9.17) is 8.39 Å². The number of hydrogen-bond acceptors (Lipinski definition) is 3. The first-order valence-corrected chi connectivity index (χ1v) is 17.9. The van der Waals surface area contributed by atoms with Crippen molar-refractivity contribution in [3.63, 3.8) is 0 Å². The molecule has 1 aliphatic carbocycles. The van der Waals surface area contributed by atoms with Gasteiger partial charge in [0.25, 0.3) is 0 Å². The van der Waals surface area contributed by atoms with Crippen LogP contribution in [0.25, 0.3) is 43.5 Å². The normalized spacial score (nSPS) is 16.7.